The molecule has 20 heavy (non-hydrogen) atoms. The number of rotatable bonds is 3. The quantitative estimate of drug-likeness (QED) is 0.823. The highest BCUT2D eigenvalue weighted by Crippen LogP contribution is 2.28. The highest BCUT2D eigenvalue weighted by Gasteiger charge is 2.14. The molecule has 1 aromatic rings. The zero-order valence-electron chi connectivity index (χ0n) is 12.2. The van der Waals surface area contributed by atoms with E-state index in [2.05, 4.69) is 12.2 Å². The van der Waals surface area contributed by atoms with Crippen LogP contribution in [0.4, 0.5) is 5.69 Å². The topological polar surface area (TPSA) is 49.3 Å². The van der Waals surface area contributed by atoms with Crippen molar-refractivity contribution in [3.05, 3.63) is 41.5 Å². The van der Waals surface area contributed by atoms with Crippen molar-refractivity contribution in [1.29, 1.82) is 0 Å². The summed E-state index contributed by atoms with van der Waals surface area (Å²) < 4.78 is 0. The Morgan fingerprint density at radius 2 is 2.00 bits per heavy atom. The van der Waals surface area contributed by atoms with Gasteiger partial charge in [-0.15, -0.1) is 0 Å². The second-order valence-electron chi connectivity index (χ2n) is 5.74. The lowest BCUT2D eigenvalue weighted by Gasteiger charge is -2.20. The molecule has 0 aromatic heterocycles. The van der Waals surface area contributed by atoms with Gasteiger partial charge in [0.15, 0.2) is 0 Å². The van der Waals surface area contributed by atoms with Gasteiger partial charge in [0.2, 0.25) is 5.91 Å². The van der Waals surface area contributed by atoms with Crippen molar-refractivity contribution in [3.63, 3.8) is 0 Å². The van der Waals surface area contributed by atoms with Crippen molar-refractivity contribution in [1.82, 2.24) is 0 Å². The molecule has 0 bridgehead atoms. The molecule has 1 aliphatic rings. The number of para-hydroxylation sites is 1. The lowest BCUT2D eigenvalue weighted by atomic mass is 9.87. The predicted octanol–water partition coefficient (Wildman–Crippen LogP) is 3.81. The Hall–Kier alpha value is -1.61. The summed E-state index contributed by atoms with van der Waals surface area (Å²) in [7, 11) is 0. The molecule has 0 saturated heterocycles. The molecule has 108 valence electrons. The summed E-state index contributed by atoms with van der Waals surface area (Å²) in [5.41, 5.74) is 2.67. The first-order valence-corrected chi connectivity index (χ1v) is 7.33. The molecule has 0 heterocycles. The smallest absolute Gasteiger partial charge is 0.248 e. The first kappa shape index (κ1) is 14.8. The zero-order chi connectivity index (χ0) is 14.5. The fraction of sp³-hybridized carbons (Fsp3) is 0.471. The number of allylic oxidation sites excluding steroid dienone is 1. The highest BCUT2D eigenvalue weighted by molar-refractivity contribution is 6.00. The van der Waals surface area contributed by atoms with Gasteiger partial charge >= 0.3 is 0 Å². The van der Waals surface area contributed by atoms with E-state index in [-0.39, 0.29) is 5.91 Å². The molecule has 1 aromatic carbocycles. The molecular weight excluding hydrogens is 250 g/mol. The van der Waals surface area contributed by atoms with Gasteiger partial charge in [-0.05, 0) is 44.6 Å². The first-order chi connectivity index (χ1) is 9.56. The Morgan fingerprint density at radius 3 is 2.65 bits per heavy atom. The Balaban J connectivity index is 2.03. The van der Waals surface area contributed by atoms with E-state index in [0.717, 1.165) is 24.3 Å². The lowest BCUT2D eigenvalue weighted by Crippen LogP contribution is -2.13. The van der Waals surface area contributed by atoms with E-state index < -0.39 is 6.10 Å². The standard InChI is InChI=1S/C17H23NO2/c1-12-7-9-14(10-8-12)11-17(20)18-16-6-4-3-5-15(16)13(2)19/h3-6,11-13,19H,7-10H2,1-2H3,(H,18,20). The number of amides is 1. The van der Waals surface area contributed by atoms with Crippen LogP contribution < -0.4 is 5.32 Å². The fourth-order valence-electron chi connectivity index (χ4n) is 2.61. The van der Waals surface area contributed by atoms with Gasteiger partial charge in [0.05, 0.1) is 6.10 Å². The Morgan fingerprint density at radius 1 is 1.35 bits per heavy atom. The van der Waals surface area contributed by atoms with Crippen LogP contribution in [0.1, 0.15) is 51.2 Å². The molecule has 3 heteroatoms. The zero-order valence-corrected chi connectivity index (χ0v) is 12.2. The molecule has 1 amide bonds. The van der Waals surface area contributed by atoms with Crippen molar-refractivity contribution in [2.24, 2.45) is 5.92 Å². The number of aliphatic hydroxyl groups is 1. The number of nitrogens with one attached hydrogen (secondary N) is 1. The minimum atomic E-state index is -0.588. The van der Waals surface area contributed by atoms with Crippen LogP contribution in [0.25, 0.3) is 0 Å². The number of hydrogen-bond donors (Lipinski definition) is 2. The minimum absolute atomic E-state index is 0.0948. The van der Waals surface area contributed by atoms with E-state index in [0.29, 0.717) is 5.69 Å². The number of carbonyl (C=O) groups is 1. The Kier molecular flexibility index (Phi) is 4.96. The summed E-state index contributed by atoms with van der Waals surface area (Å²) in [6.07, 6.45) is 5.52. The molecule has 1 aliphatic carbocycles. The fourth-order valence-corrected chi connectivity index (χ4v) is 2.61. The van der Waals surface area contributed by atoms with E-state index in [1.807, 2.05) is 24.3 Å². The third kappa shape index (κ3) is 3.94. The maximum absolute atomic E-state index is 12.1. The Bertz CT molecular complexity index is 495. The van der Waals surface area contributed by atoms with Gasteiger partial charge in [-0.25, -0.2) is 0 Å². The summed E-state index contributed by atoms with van der Waals surface area (Å²) >= 11 is 0. The van der Waals surface area contributed by atoms with Gasteiger partial charge in [-0.3, -0.25) is 4.79 Å². The van der Waals surface area contributed by atoms with Crippen LogP contribution in [0, 0.1) is 5.92 Å². The number of anilines is 1. The van der Waals surface area contributed by atoms with Crippen molar-refractivity contribution in [2.45, 2.75) is 45.6 Å². The minimum Gasteiger partial charge on any atom is -0.389 e. The molecule has 3 nitrogen and oxygen atoms in total. The summed E-state index contributed by atoms with van der Waals surface area (Å²) in [4.78, 5) is 12.1. The maximum atomic E-state index is 12.1. The van der Waals surface area contributed by atoms with Gasteiger partial charge in [-0.2, -0.15) is 0 Å². The largest absolute Gasteiger partial charge is 0.389 e. The second-order valence-corrected chi connectivity index (χ2v) is 5.74. The van der Waals surface area contributed by atoms with Gasteiger partial charge in [-0.1, -0.05) is 30.7 Å². The molecule has 2 N–H and O–H groups in total. The molecule has 0 radical (unpaired) electrons. The van der Waals surface area contributed by atoms with Crippen LogP contribution in [0.2, 0.25) is 0 Å². The van der Waals surface area contributed by atoms with Crippen LogP contribution in [-0.2, 0) is 4.79 Å². The van der Waals surface area contributed by atoms with Crippen LogP contribution in [0.15, 0.2) is 35.9 Å². The number of carbonyl (C=O) groups excluding carboxylic acids is 1. The molecular formula is C17H23NO2. The maximum Gasteiger partial charge on any atom is 0.248 e. The molecule has 1 fully saturated rings. The highest BCUT2D eigenvalue weighted by atomic mass is 16.3. The molecule has 1 unspecified atom stereocenters. The Labute approximate surface area is 120 Å². The lowest BCUT2D eigenvalue weighted by molar-refractivity contribution is -0.112. The number of benzene rings is 1. The average molecular weight is 273 g/mol. The van der Waals surface area contributed by atoms with Crippen molar-refractivity contribution < 1.29 is 9.90 Å². The van der Waals surface area contributed by atoms with Crippen LogP contribution in [0.5, 0.6) is 0 Å². The number of hydrogen-bond acceptors (Lipinski definition) is 2. The molecule has 0 aliphatic heterocycles. The predicted molar refractivity (Wildman–Crippen MR) is 81.4 cm³/mol. The third-order valence-corrected chi connectivity index (χ3v) is 3.92. The monoisotopic (exact) mass is 273 g/mol. The van der Waals surface area contributed by atoms with Gasteiger partial charge < -0.3 is 10.4 Å². The molecule has 0 spiro atoms. The summed E-state index contributed by atoms with van der Waals surface area (Å²) in [6, 6.07) is 7.37. The second kappa shape index (κ2) is 6.71. The van der Waals surface area contributed by atoms with Gasteiger partial charge in [0.1, 0.15) is 0 Å². The summed E-state index contributed by atoms with van der Waals surface area (Å²) in [5.74, 6) is 0.675. The van der Waals surface area contributed by atoms with E-state index in [1.54, 1.807) is 13.0 Å². The van der Waals surface area contributed by atoms with E-state index in [4.69, 9.17) is 0 Å². The average Bonchev–Trinajstić information content (AvgIpc) is 2.41. The normalized spacial score (nSPS) is 20.4. The summed E-state index contributed by atoms with van der Waals surface area (Å²) in [6.45, 7) is 3.96. The third-order valence-electron chi connectivity index (χ3n) is 3.92. The van der Waals surface area contributed by atoms with Crippen LogP contribution in [-0.4, -0.2) is 11.0 Å². The van der Waals surface area contributed by atoms with E-state index >= 15 is 0 Å². The number of aliphatic hydroxyl groups excluding tert-OH is 1. The van der Waals surface area contributed by atoms with E-state index in [9.17, 15) is 9.90 Å². The van der Waals surface area contributed by atoms with Crippen molar-refractivity contribution >= 4 is 11.6 Å². The molecule has 1 atom stereocenters. The van der Waals surface area contributed by atoms with Gasteiger partial charge in [0, 0.05) is 17.3 Å². The van der Waals surface area contributed by atoms with Gasteiger partial charge in [0.25, 0.3) is 0 Å². The van der Waals surface area contributed by atoms with Crippen LogP contribution in [0.3, 0.4) is 0 Å². The molecule has 1 saturated carbocycles. The van der Waals surface area contributed by atoms with E-state index in [1.165, 1.54) is 18.4 Å². The molecule has 2 rings (SSSR count). The summed E-state index contributed by atoms with van der Waals surface area (Å²) in [5, 5.41) is 12.6. The van der Waals surface area contributed by atoms with Crippen molar-refractivity contribution in [3.8, 4) is 0 Å². The first-order valence-electron chi connectivity index (χ1n) is 7.33. The SMILES string of the molecule is CC1CCC(=CC(=O)Nc2ccccc2C(C)O)CC1. The van der Waals surface area contributed by atoms with Crippen molar-refractivity contribution in [2.75, 3.05) is 5.32 Å². The van der Waals surface area contributed by atoms with Crippen LogP contribution >= 0.6 is 0 Å².